The molecule has 2 aromatic carbocycles. The second-order valence-corrected chi connectivity index (χ2v) is 7.27. The van der Waals surface area contributed by atoms with Gasteiger partial charge in [0.15, 0.2) is 0 Å². The second kappa shape index (κ2) is 7.09. The molecule has 0 radical (unpaired) electrons. The average Bonchev–Trinajstić information content (AvgIpc) is 2.62. The molecule has 0 aromatic heterocycles. The molecule has 1 fully saturated rings. The predicted octanol–water partition coefficient (Wildman–Crippen LogP) is 3.68. The van der Waals surface area contributed by atoms with E-state index in [9.17, 15) is 4.79 Å². The molecule has 1 saturated heterocycles. The molecule has 1 atom stereocenters. The van der Waals surface area contributed by atoms with Gasteiger partial charge in [-0.15, -0.1) is 0 Å². The van der Waals surface area contributed by atoms with Crippen molar-refractivity contribution < 1.29 is 4.79 Å². The van der Waals surface area contributed by atoms with E-state index in [1.165, 1.54) is 5.56 Å². The quantitative estimate of drug-likeness (QED) is 0.859. The first-order valence-electron chi connectivity index (χ1n) is 7.88. The number of thioether (sulfide) groups is 1. The summed E-state index contributed by atoms with van der Waals surface area (Å²) in [5, 5.41) is 0.370. The zero-order chi connectivity index (χ0) is 16.2. The van der Waals surface area contributed by atoms with Crippen molar-refractivity contribution in [3.8, 4) is 0 Å². The number of rotatable bonds is 3. The lowest BCUT2D eigenvalue weighted by molar-refractivity contribution is 0.0761. The Morgan fingerprint density at radius 1 is 1.09 bits per heavy atom. The summed E-state index contributed by atoms with van der Waals surface area (Å²) < 4.78 is 0. The van der Waals surface area contributed by atoms with Crippen molar-refractivity contribution in [2.45, 2.75) is 5.25 Å². The molecule has 1 aliphatic rings. The summed E-state index contributed by atoms with van der Waals surface area (Å²) in [6, 6.07) is 18.3. The Morgan fingerprint density at radius 3 is 2.43 bits per heavy atom. The van der Waals surface area contributed by atoms with Crippen LogP contribution in [0.1, 0.15) is 21.2 Å². The van der Waals surface area contributed by atoms with Gasteiger partial charge in [-0.25, -0.2) is 0 Å². The third kappa shape index (κ3) is 3.70. The Balaban J connectivity index is 1.72. The summed E-state index contributed by atoms with van der Waals surface area (Å²) in [5.41, 5.74) is 3.19. The number of hydrogen-bond acceptors (Lipinski definition) is 3. The Kier molecular flexibility index (Phi) is 4.91. The fraction of sp³-hybridized carbons (Fsp3) is 0.316. The molecule has 1 unspecified atom stereocenters. The molecule has 1 heterocycles. The molecular weight excluding hydrogens is 304 g/mol. The van der Waals surface area contributed by atoms with Gasteiger partial charge in [0, 0.05) is 49.4 Å². The van der Waals surface area contributed by atoms with Gasteiger partial charge in [-0.3, -0.25) is 4.79 Å². The van der Waals surface area contributed by atoms with Crippen LogP contribution in [-0.4, -0.2) is 43.7 Å². The largest absolute Gasteiger partial charge is 0.378 e. The van der Waals surface area contributed by atoms with Gasteiger partial charge < -0.3 is 9.80 Å². The number of hydrogen-bond donors (Lipinski definition) is 0. The Morgan fingerprint density at radius 2 is 1.78 bits per heavy atom. The minimum absolute atomic E-state index is 0.136. The summed E-state index contributed by atoms with van der Waals surface area (Å²) in [5.74, 6) is 1.12. The predicted molar refractivity (Wildman–Crippen MR) is 98.3 cm³/mol. The van der Waals surface area contributed by atoms with Gasteiger partial charge in [-0.1, -0.05) is 30.3 Å². The van der Waals surface area contributed by atoms with Crippen LogP contribution in [0.25, 0.3) is 0 Å². The van der Waals surface area contributed by atoms with Crippen molar-refractivity contribution in [2.24, 2.45) is 0 Å². The van der Waals surface area contributed by atoms with Crippen LogP contribution in [0.4, 0.5) is 5.69 Å². The lowest BCUT2D eigenvalue weighted by Crippen LogP contribution is -2.39. The molecule has 3 rings (SSSR count). The van der Waals surface area contributed by atoms with Gasteiger partial charge in [0.1, 0.15) is 0 Å². The summed E-state index contributed by atoms with van der Waals surface area (Å²) in [4.78, 5) is 16.8. The van der Waals surface area contributed by atoms with Gasteiger partial charge >= 0.3 is 0 Å². The van der Waals surface area contributed by atoms with E-state index >= 15 is 0 Å². The Hall–Kier alpha value is -1.94. The van der Waals surface area contributed by atoms with Crippen LogP contribution in [0.2, 0.25) is 0 Å². The highest BCUT2D eigenvalue weighted by molar-refractivity contribution is 7.99. The van der Waals surface area contributed by atoms with E-state index in [-0.39, 0.29) is 5.91 Å². The summed E-state index contributed by atoms with van der Waals surface area (Å²) >= 11 is 1.94. The molecule has 4 heteroatoms. The zero-order valence-corrected chi connectivity index (χ0v) is 14.4. The maximum atomic E-state index is 12.8. The van der Waals surface area contributed by atoms with Crippen molar-refractivity contribution in [1.82, 2.24) is 4.90 Å². The summed E-state index contributed by atoms with van der Waals surface area (Å²) in [6.45, 7) is 1.60. The normalized spacial score (nSPS) is 17.8. The molecule has 2 aromatic rings. The molecule has 0 aliphatic carbocycles. The van der Waals surface area contributed by atoms with Gasteiger partial charge in [-0.2, -0.15) is 11.8 Å². The fourth-order valence-corrected chi connectivity index (χ4v) is 4.03. The number of anilines is 1. The first-order valence-corrected chi connectivity index (χ1v) is 8.93. The summed E-state index contributed by atoms with van der Waals surface area (Å²) in [6.07, 6.45) is 0. The Labute approximate surface area is 142 Å². The van der Waals surface area contributed by atoms with Crippen LogP contribution < -0.4 is 4.90 Å². The number of carbonyl (C=O) groups is 1. The highest BCUT2D eigenvalue weighted by atomic mass is 32.2. The third-order valence-corrected chi connectivity index (χ3v) is 5.40. The zero-order valence-electron chi connectivity index (χ0n) is 13.6. The number of benzene rings is 2. The SMILES string of the molecule is CN(C)c1ccc(C(=O)N2CCSC(c3ccccc3)C2)cc1. The molecule has 1 amide bonds. The third-order valence-electron chi connectivity index (χ3n) is 4.16. The summed E-state index contributed by atoms with van der Waals surface area (Å²) in [7, 11) is 4.01. The van der Waals surface area contributed by atoms with E-state index in [2.05, 4.69) is 24.3 Å². The smallest absolute Gasteiger partial charge is 0.253 e. The highest BCUT2D eigenvalue weighted by Gasteiger charge is 2.25. The molecule has 1 aliphatic heterocycles. The molecular formula is C19H22N2OS. The molecule has 0 bridgehead atoms. The molecule has 120 valence electrons. The van der Waals surface area contributed by atoms with Gasteiger partial charge in [0.25, 0.3) is 5.91 Å². The lowest BCUT2D eigenvalue weighted by atomic mass is 10.1. The minimum Gasteiger partial charge on any atom is -0.378 e. The van der Waals surface area contributed by atoms with E-state index < -0.39 is 0 Å². The van der Waals surface area contributed by atoms with Crippen LogP contribution in [0.5, 0.6) is 0 Å². The molecule has 23 heavy (non-hydrogen) atoms. The number of amides is 1. The van der Waals surface area contributed by atoms with Crippen LogP contribution in [0.3, 0.4) is 0 Å². The van der Waals surface area contributed by atoms with Crippen LogP contribution >= 0.6 is 11.8 Å². The molecule has 3 nitrogen and oxygen atoms in total. The van der Waals surface area contributed by atoms with Crippen molar-refractivity contribution in [3.05, 3.63) is 65.7 Å². The van der Waals surface area contributed by atoms with E-state index in [0.29, 0.717) is 5.25 Å². The number of nitrogens with zero attached hydrogens (tertiary/aromatic N) is 2. The van der Waals surface area contributed by atoms with E-state index in [0.717, 1.165) is 30.1 Å². The molecule has 0 N–H and O–H groups in total. The lowest BCUT2D eigenvalue weighted by Gasteiger charge is -2.32. The second-order valence-electron chi connectivity index (χ2n) is 5.96. The van der Waals surface area contributed by atoms with Gasteiger partial charge in [-0.05, 0) is 29.8 Å². The van der Waals surface area contributed by atoms with Crippen LogP contribution in [0, 0.1) is 0 Å². The first kappa shape index (κ1) is 15.9. The molecule has 0 spiro atoms. The standard InChI is InChI=1S/C19H22N2OS/c1-20(2)17-10-8-16(9-11-17)19(22)21-12-13-23-18(14-21)15-6-4-3-5-7-15/h3-11,18H,12-14H2,1-2H3. The monoisotopic (exact) mass is 326 g/mol. The van der Waals surface area contributed by atoms with Crippen molar-refractivity contribution >= 4 is 23.4 Å². The Bertz CT molecular complexity index is 655. The number of carbonyl (C=O) groups excluding carboxylic acids is 1. The highest BCUT2D eigenvalue weighted by Crippen LogP contribution is 2.33. The molecule has 0 saturated carbocycles. The maximum Gasteiger partial charge on any atom is 0.253 e. The van der Waals surface area contributed by atoms with E-state index in [4.69, 9.17) is 0 Å². The van der Waals surface area contributed by atoms with Gasteiger partial charge in [0.05, 0.1) is 0 Å². The van der Waals surface area contributed by atoms with E-state index in [1.807, 2.05) is 66.0 Å². The minimum atomic E-state index is 0.136. The van der Waals surface area contributed by atoms with Crippen molar-refractivity contribution in [3.63, 3.8) is 0 Å². The van der Waals surface area contributed by atoms with Crippen molar-refractivity contribution in [2.75, 3.05) is 37.8 Å². The topological polar surface area (TPSA) is 23.6 Å². The van der Waals surface area contributed by atoms with Crippen molar-refractivity contribution in [1.29, 1.82) is 0 Å². The van der Waals surface area contributed by atoms with E-state index in [1.54, 1.807) is 0 Å². The fourth-order valence-electron chi connectivity index (χ4n) is 2.79. The average molecular weight is 326 g/mol. The first-order chi connectivity index (χ1) is 11.1. The van der Waals surface area contributed by atoms with Crippen LogP contribution in [-0.2, 0) is 0 Å². The van der Waals surface area contributed by atoms with Crippen LogP contribution in [0.15, 0.2) is 54.6 Å². The maximum absolute atomic E-state index is 12.8. The van der Waals surface area contributed by atoms with Gasteiger partial charge in [0.2, 0.25) is 0 Å².